The Morgan fingerprint density at radius 1 is 0.880 bits per heavy atom. The molecule has 3 aromatic rings. The van der Waals surface area contributed by atoms with E-state index < -0.39 is 10.0 Å². The van der Waals surface area contributed by atoms with Crippen LogP contribution in [0.3, 0.4) is 0 Å². The van der Waals surface area contributed by atoms with Gasteiger partial charge in [0.15, 0.2) is 0 Å². The zero-order chi connectivity index (χ0) is 18.0. The lowest BCUT2D eigenvalue weighted by molar-refractivity contribution is 0.415. The van der Waals surface area contributed by atoms with Crippen molar-refractivity contribution in [1.82, 2.24) is 0 Å². The maximum atomic E-state index is 11.4. The molecule has 0 heterocycles. The largest absolute Gasteiger partial charge is 0.496 e. The Morgan fingerprint density at radius 2 is 1.56 bits per heavy atom. The second-order valence-electron chi connectivity index (χ2n) is 5.68. The summed E-state index contributed by atoms with van der Waals surface area (Å²) < 4.78 is 33.7. The van der Waals surface area contributed by atoms with Crippen molar-refractivity contribution in [3.63, 3.8) is 0 Å². The van der Waals surface area contributed by atoms with Gasteiger partial charge in [0.1, 0.15) is 11.5 Å². The van der Waals surface area contributed by atoms with Crippen LogP contribution in [0.25, 0.3) is 10.8 Å². The van der Waals surface area contributed by atoms with Crippen LogP contribution in [-0.4, -0.2) is 22.6 Å². The standard InChI is InChI=1S/C19H19NO4S/c1-23-17-11-8-14(19-16(17)4-3-5-18(19)24-2)12-13-6-9-15(10-7-13)25(20,21)22/h3-11H,12H2,1-2H3,(H2,20,21,22). The minimum Gasteiger partial charge on any atom is -0.496 e. The maximum absolute atomic E-state index is 11.4. The molecular weight excluding hydrogens is 338 g/mol. The topological polar surface area (TPSA) is 78.6 Å². The van der Waals surface area contributed by atoms with Crippen LogP contribution >= 0.6 is 0 Å². The molecule has 130 valence electrons. The average molecular weight is 357 g/mol. The molecule has 0 aromatic heterocycles. The maximum Gasteiger partial charge on any atom is 0.238 e. The Labute approximate surface area is 147 Å². The summed E-state index contributed by atoms with van der Waals surface area (Å²) in [6, 6.07) is 16.3. The smallest absolute Gasteiger partial charge is 0.238 e. The Bertz CT molecular complexity index is 1010. The van der Waals surface area contributed by atoms with Gasteiger partial charge >= 0.3 is 0 Å². The summed E-state index contributed by atoms with van der Waals surface area (Å²) in [5.74, 6) is 1.55. The van der Waals surface area contributed by atoms with Gasteiger partial charge in [-0.3, -0.25) is 0 Å². The lowest BCUT2D eigenvalue weighted by Gasteiger charge is -2.14. The highest BCUT2D eigenvalue weighted by Crippen LogP contribution is 2.36. The third-order valence-corrected chi connectivity index (χ3v) is 5.06. The molecule has 0 radical (unpaired) electrons. The molecule has 0 saturated carbocycles. The van der Waals surface area contributed by atoms with Crippen molar-refractivity contribution >= 4 is 20.8 Å². The van der Waals surface area contributed by atoms with Crippen LogP contribution in [0.2, 0.25) is 0 Å². The van der Waals surface area contributed by atoms with Crippen LogP contribution in [-0.2, 0) is 16.4 Å². The first kappa shape index (κ1) is 17.3. The van der Waals surface area contributed by atoms with Crippen LogP contribution in [0, 0.1) is 0 Å². The summed E-state index contributed by atoms with van der Waals surface area (Å²) in [6.07, 6.45) is 0.631. The van der Waals surface area contributed by atoms with Crippen LogP contribution in [0.15, 0.2) is 59.5 Å². The van der Waals surface area contributed by atoms with Crippen LogP contribution in [0.4, 0.5) is 0 Å². The number of hydrogen-bond acceptors (Lipinski definition) is 4. The SMILES string of the molecule is COc1ccc(Cc2ccc(S(N)(=O)=O)cc2)c2c(OC)cccc12. The van der Waals surface area contributed by atoms with Crippen molar-refractivity contribution in [2.45, 2.75) is 11.3 Å². The molecule has 0 unspecified atom stereocenters. The fraction of sp³-hybridized carbons (Fsp3) is 0.158. The summed E-state index contributed by atoms with van der Waals surface area (Å²) in [5.41, 5.74) is 2.04. The van der Waals surface area contributed by atoms with E-state index in [1.165, 1.54) is 12.1 Å². The monoisotopic (exact) mass is 357 g/mol. The predicted molar refractivity (Wildman–Crippen MR) is 97.7 cm³/mol. The summed E-state index contributed by atoms with van der Waals surface area (Å²) in [6.45, 7) is 0. The molecule has 0 bridgehead atoms. The van der Waals surface area contributed by atoms with Gasteiger partial charge in [0.2, 0.25) is 10.0 Å². The highest BCUT2D eigenvalue weighted by atomic mass is 32.2. The van der Waals surface area contributed by atoms with Gasteiger partial charge in [-0.2, -0.15) is 0 Å². The number of sulfonamides is 1. The quantitative estimate of drug-likeness (QED) is 0.761. The predicted octanol–water partition coefficient (Wildman–Crippen LogP) is 3.10. The van der Waals surface area contributed by atoms with E-state index in [-0.39, 0.29) is 4.90 Å². The molecule has 6 heteroatoms. The Morgan fingerprint density at radius 3 is 2.16 bits per heavy atom. The van der Waals surface area contributed by atoms with Crippen molar-refractivity contribution < 1.29 is 17.9 Å². The fourth-order valence-electron chi connectivity index (χ4n) is 2.93. The third kappa shape index (κ3) is 3.45. The summed E-state index contributed by atoms with van der Waals surface area (Å²) >= 11 is 0. The van der Waals surface area contributed by atoms with Gasteiger partial charge < -0.3 is 9.47 Å². The zero-order valence-electron chi connectivity index (χ0n) is 14.0. The first-order valence-electron chi connectivity index (χ1n) is 7.68. The Kier molecular flexibility index (Phi) is 4.65. The first-order chi connectivity index (χ1) is 11.9. The average Bonchev–Trinajstić information content (AvgIpc) is 2.61. The Balaban J connectivity index is 2.07. The molecule has 0 aliphatic carbocycles. The van der Waals surface area contributed by atoms with E-state index in [0.717, 1.165) is 33.4 Å². The molecule has 3 rings (SSSR count). The highest BCUT2D eigenvalue weighted by molar-refractivity contribution is 7.89. The molecule has 3 aromatic carbocycles. The van der Waals surface area contributed by atoms with E-state index in [2.05, 4.69) is 0 Å². The van der Waals surface area contributed by atoms with Crippen molar-refractivity contribution in [1.29, 1.82) is 0 Å². The second kappa shape index (κ2) is 6.74. The van der Waals surface area contributed by atoms with Crippen molar-refractivity contribution in [3.8, 4) is 11.5 Å². The van der Waals surface area contributed by atoms with E-state index in [9.17, 15) is 8.42 Å². The molecule has 0 saturated heterocycles. The fourth-order valence-corrected chi connectivity index (χ4v) is 3.44. The van der Waals surface area contributed by atoms with E-state index in [0.29, 0.717) is 6.42 Å². The van der Waals surface area contributed by atoms with Gasteiger partial charge in [0.05, 0.1) is 19.1 Å². The van der Waals surface area contributed by atoms with Gasteiger partial charge in [0, 0.05) is 10.8 Å². The number of fused-ring (bicyclic) bond motifs is 1. The number of rotatable bonds is 5. The minimum atomic E-state index is -3.68. The van der Waals surface area contributed by atoms with Crippen molar-refractivity contribution in [3.05, 3.63) is 65.7 Å². The lowest BCUT2D eigenvalue weighted by atomic mass is 9.97. The highest BCUT2D eigenvalue weighted by Gasteiger charge is 2.12. The van der Waals surface area contributed by atoms with Gasteiger partial charge in [-0.1, -0.05) is 30.3 Å². The number of primary sulfonamides is 1. The van der Waals surface area contributed by atoms with Gasteiger partial charge in [-0.25, -0.2) is 13.6 Å². The van der Waals surface area contributed by atoms with Crippen LogP contribution < -0.4 is 14.6 Å². The molecule has 25 heavy (non-hydrogen) atoms. The zero-order valence-corrected chi connectivity index (χ0v) is 14.8. The summed E-state index contributed by atoms with van der Waals surface area (Å²) in [5, 5.41) is 7.10. The lowest BCUT2D eigenvalue weighted by Crippen LogP contribution is -2.11. The van der Waals surface area contributed by atoms with Gasteiger partial charge in [0.25, 0.3) is 0 Å². The number of methoxy groups -OCH3 is 2. The normalized spacial score (nSPS) is 11.5. The van der Waals surface area contributed by atoms with Crippen molar-refractivity contribution in [2.75, 3.05) is 14.2 Å². The number of ether oxygens (including phenoxy) is 2. The van der Waals surface area contributed by atoms with Crippen LogP contribution in [0.5, 0.6) is 11.5 Å². The van der Waals surface area contributed by atoms with Gasteiger partial charge in [-0.05, 0) is 41.8 Å². The summed E-state index contributed by atoms with van der Waals surface area (Å²) in [7, 11) is -0.407. The molecule has 2 N–H and O–H groups in total. The third-order valence-electron chi connectivity index (χ3n) is 4.13. The number of nitrogens with two attached hydrogens (primary N) is 1. The minimum absolute atomic E-state index is 0.105. The van der Waals surface area contributed by atoms with Crippen LogP contribution in [0.1, 0.15) is 11.1 Å². The molecule has 0 aliphatic rings. The van der Waals surface area contributed by atoms with E-state index >= 15 is 0 Å². The molecule has 0 atom stereocenters. The molecule has 0 aliphatic heterocycles. The van der Waals surface area contributed by atoms with Gasteiger partial charge in [-0.15, -0.1) is 0 Å². The van der Waals surface area contributed by atoms with E-state index in [1.807, 2.05) is 30.3 Å². The number of hydrogen-bond donors (Lipinski definition) is 1. The molecular formula is C19H19NO4S. The van der Waals surface area contributed by atoms with E-state index in [1.54, 1.807) is 26.4 Å². The molecule has 0 fully saturated rings. The second-order valence-corrected chi connectivity index (χ2v) is 7.24. The molecule has 0 spiro atoms. The summed E-state index contributed by atoms with van der Waals surface area (Å²) in [4.78, 5) is 0.105. The molecule has 5 nitrogen and oxygen atoms in total. The Hall–Kier alpha value is -2.57. The van der Waals surface area contributed by atoms with E-state index in [4.69, 9.17) is 14.6 Å². The van der Waals surface area contributed by atoms with Crippen molar-refractivity contribution in [2.24, 2.45) is 5.14 Å². The number of benzene rings is 3. The molecule has 0 amide bonds. The first-order valence-corrected chi connectivity index (χ1v) is 9.23.